The van der Waals surface area contributed by atoms with Gasteiger partial charge < -0.3 is 9.84 Å². The highest BCUT2D eigenvalue weighted by atomic mass is 35.5. The standard InChI is InChI=1S/C17H12Cl2N4OS/c1-9-4-13-16(21-8-22-17(13)25-9)20-7-11-6-15(23-24-11)12-3-2-10(18)5-14(12)19/h2-6,8H,7H2,1H3,(H,20,21,22). The molecule has 0 fully saturated rings. The van der Waals surface area contributed by atoms with Gasteiger partial charge in [0.15, 0.2) is 5.76 Å². The number of hydrogen-bond donors (Lipinski definition) is 1. The first-order valence-electron chi connectivity index (χ1n) is 7.46. The summed E-state index contributed by atoms with van der Waals surface area (Å²) in [5.74, 6) is 1.46. The lowest BCUT2D eigenvalue weighted by molar-refractivity contribution is 0.390. The van der Waals surface area contributed by atoms with Gasteiger partial charge in [0.2, 0.25) is 0 Å². The third-order valence-corrected chi connectivity index (χ3v) is 5.16. The number of anilines is 1. The summed E-state index contributed by atoms with van der Waals surface area (Å²) in [5, 5.41) is 9.48. The van der Waals surface area contributed by atoms with Crippen LogP contribution in [-0.4, -0.2) is 15.1 Å². The number of halogens is 2. The predicted molar refractivity (Wildman–Crippen MR) is 101 cm³/mol. The van der Waals surface area contributed by atoms with Crippen LogP contribution in [0, 0.1) is 6.92 Å². The van der Waals surface area contributed by atoms with Gasteiger partial charge in [0.25, 0.3) is 0 Å². The maximum absolute atomic E-state index is 6.22. The number of fused-ring (bicyclic) bond motifs is 1. The summed E-state index contributed by atoms with van der Waals surface area (Å²) >= 11 is 13.8. The van der Waals surface area contributed by atoms with E-state index >= 15 is 0 Å². The molecule has 3 heterocycles. The molecule has 0 radical (unpaired) electrons. The summed E-state index contributed by atoms with van der Waals surface area (Å²) in [6.07, 6.45) is 1.56. The monoisotopic (exact) mass is 390 g/mol. The van der Waals surface area contributed by atoms with Gasteiger partial charge in [0.05, 0.1) is 17.0 Å². The number of aromatic nitrogens is 3. The van der Waals surface area contributed by atoms with E-state index < -0.39 is 0 Å². The molecule has 0 aliphatic heterocycles. The fourth-order valence-electron chi connectivity index (χ4n) is 2.51. The maximum Gasteiger partial charge on any atom is 0.156 e. The van der Waals surface area contributed by atoms with E-state index in [1.165, 1.54) is 4.88 Å². The number of aryl methyl sites for hydroxylation is 1. The summed E-state index contributed by atoms with van der Waals surface area (Å²) in [7, 11) is 0. The molecule has 8 heteroatoms. The van der Waals surface area contributed by atoms with Crippen LogP contribution in [-0.2, 0) is 6.54 Å². The zero-order valence-corrected chi connectivity index (χ0v) is 15.4. The first-order valence-corrected chi connectivity index (χ1v) is 9.03. The molecule has 126 valence electrons. The number of nitrogens with one attached hydrogen (secondary N) is 1. The van der Waals surface area contributed by atoms with Crippen LogP contribution in [0.5, 0.6) is 0 Å². The molecule has 0 aliphatic rings. The lowest BCUT2D eigenvalue weighted by Gasteiger charge is -2.03. The first-order chi connectivity index (χ1) is 12.1. The van der Waals surface area contributed by atoms with Crippen molar-refractivity contribution in [2.45, 2.75) is 13.5 Å². The number of nitrogens with zero attached hydrogens (tertiary/aromatic N) is 3. The molecule has 0 unspecified atom stereocenters. The van der Waals surface area contributed by atoms with Crippen LogP contribution in [0.2, 0.25) is 10.0 Å². The summed E-state index contributed by atoms with van der Waals surface area (Å²) < 4.78 is 5.40. The Hall–Kier alpha value is -2.15. The van der Waals surface area contributed by atoms with Crippen LogP contribution in [0.15, 0.2) is 41.2 Å². The lowest BCUT2D eigenvalue weighted by Crippen LogP contribution is -2.00. The molecule has 0 aliphatic carbocycles. The molecule has 0 saturated heterocycles. The average Bonchev–Trinajstić information content (AvgIpc) is 3.18. The summed E-state index contributed by atoms with van der Waals surface area (Å²) in [6.45, 7) is 2.51. The molecular weight excluding hydrogens is 379 g/mol. The minimum atomic E-state index is 0.458. The van der Waals surface area contributed by atoms with E-state index in [2.05, 4.69) is 33.4 Å². The highest BCUT2D eigenvalue weighted by Gasteiger charge is 2.12. The van der Waals surface area contributed by atoms with Crippen LogP contribution in [0.1, 0.15) is 10.6 Å². The first kappa shape index (κ1) is 16.3. The van der Waals surface area contributed by atoms with Crippen molar-refractivity contribution in [2.24, 2.45) is 0 Å². The van der Waals surface area contributed by atoms with Crippen molar-refractivity contribution in [1.29, 1.82) is 0 Å². The number of rotatable bonds is 4. The topological polar surface area (TPSA) is 63.8 Å². The molecule has 0 spiro atoms. The fourth-order valence-corrected chi connectivity index (χ4v) is 3.86. The van der Waals surface area contributed by atoms with Crippen LogP contribution in [0.4, 0.5) is 5.82 Å². The van der Waals surface area contributed by atoms with Crippen LogP contribution in [0.3, 0.4) is 0 Å². The van der Waals surface area contributed by atoms with Crippen molar-refractivity contribution in [3.8, 4) is 11.3 Å². The lowest BCUT2D eigenvalue weighted by atomic mass is 10.1. The van der Waals surface area contributed by atoms with Gasteiger partial charge in [0, 0.05) is 21.5 Å². The molecular formula is C17H12Cl2N4OS. The van der Waals surface area contributed by atoms with E-state index in [1.54, 1.807) is 29.8 Å². The second-order valence-corrected chi connectivity index (χ2v) is 7.53. The number of benzene rings is 1. The van der Waals surface area contributed by atoms with Gasteiger partial charge >= 0.3 is 0 Å². The van der Waals surface area contributed by atoms with E-state index in [1.807, 2.05) is 12.1 Å². The fraction of sp³-hybridized carbons (Fsp3) is 0.118. The van der Waals surface area contributed by atoms with E-state index in [0.29, 0.717) is 28.0 Å². The minimum Gasteiger partial charge on any atom is -0.362 e. The average molecular weight is 391 g/mol. The van der Waals surface area contributed by atoms with Crippen molar-refractivity contribution in [2.75, 3.05) is 5.32 Å². The second-order valence-electron chi connectivity index (χ2n) is 5.45. The molecule has 1 N–H and O–H groups in total. The Labute approximate surface area is 157 Å². The molecule has 0 amide bonds. The molecule has 5 nitrogen and oxygen atoms in total. The molecule has 0 bridgehead atoms. The van der Waals surface area contributed by atoms with Gasteiger partial charge in [-0.3, -0.25) is 0 Å². The van der Waals surface area contributed by atoms with Crippen LogP contribution >= 0.6 is 34.5 Å². The zero-order valence-electron chi connectivity index (χ0n) is 13.1. The number of thiophene rings is 1. The third-order valence-electron chi connectivity index (χ3n) is 3.65. The maximum atomic E-state index is 6.22. The zero-order chi connectivity index (χ0) is 17.4. The van der Waals surface area contributed by atoms with Crippen molar-refractivity contribution in [1.82, 2.24) is 15.1 Å². The van der Waals surface area contributed by atoms with Gasteiger partial charge in [-0.1, -0.05) is 28.4 Å². The predicted octanol–water partition coefficient (Wildman–Crippen LogP) is 5.57. The van der Waals surface area contributed by atoms with Gasteiger partial charge in [-0.25, -0.2) is 9.97 Å². The van der Waals surface area contributed by atoms with Gasteiger partial charge in [0.1, 0.15) is 22.7 Å². The summed E-state index contributed by atoms with van der Waals surface area (Å²) in [4.78, 5) is 10.7. The molecule has 4 rings (SSSR count). The van der Waals surface area contributed by atoms with E-state index in [4.69, 9.17) is 27.7 Å². The Morgan fingerprint density at radius 1 is 1.16 bits per heavy atom. The third kappa shape index (κ3) is 3.33. The molecule has 4 aromatic rings. The summed E-state index contributed by atoms with van der Waals surface area (Å²) in [5.41, 5.74) is 1.44. The van der Waals surface area contributed by atoms with Crippen molar-refractivity contribution >= 4 is 50.6 Å². The Kier molecular flexibility index (Phi) is 4.33. The minimum absolute atomic E-state index is 0.458. The van der Waals surface area contributed by atoms with Crippen molar-refractivity contribution in [3.05, 3.63) is 57.3 Å². The Morgan fingerprint density at radius 2 is 2.04 bits per heavy atom. The number of hydrogen-bond acceptors (Lipinski definition) is 6. The Morgan fingerprint density at radius 3 is 2.88 bits per heavy atom. The SMILES string of the molecule is Cc1cc2c(NCc3cc(-c4ccc(Cl)cc4Cl)no3)ncnc2s1. The Bertz CT molecular complexity index is 1060. The molecule has 3 aromatic heterocycles. The molecule has 1 aromatic carbocycles. The molecule has 0 saturated carbocycles. The van der Waals surface area contributed by atoms with E-state index in [-0.39, 0.29) is 0 Å². The Balaban J connectivity index is 1.55. The van der Waals surface area contributed by atoms with E-state index in [9.17, 15) is 0 Å². The highest BCUT2D eigenvalue weighted by molar-refractivity contribution is 7.18. The van der Waals surface area contributed by atoms with Crippen LogP contribution in [0.25, 0.3) is 21.5 Å². The highest BCUT2D eigenvalue weighted by Crippen LogP contribution is 2.31. The summed E-state index contributed by atoms with van der Waals surface area (Å²) in [6, 6.07) is 9.19. The molecule has 0 atom stereocenters. The van der Waals surface area contributed by atoms with E-state index in [0.717, 1.165) is 21.6 Å². The quantitative estimate of drug-likeness (QED) is 0.493. The van der Waals surface area contributed by atoms with Gasteiger partial charge in [-0.15, -0.1) is 11.3 Å². The molecule has 25 heavy (non-hydrogen) atoms. The van der Waals surface area contributed by atoms with Gasteiger partial charge in [-0.2, -0.15) is 0 Å². The normalized spacial score (nSPS) is 11.2. The van der Waals surface area contributed by atoms with Crippen LogP contribution < -0.4 is 5.32 Å². The smallest absolute Gasteiger partial charge is 0.156 e. The van der Waals surface area contributed by atoms with Crippen molar-refractivity contribution in [3.63, 3.8) is 0 Å². The van der Waals surface area contributed by atoms with Crippen molar-refractivity contribution < 1.29 is 4.52 Å². The largest absolute Gasteiger partial charge is 0.362 e. The van der Waals surface area contributed by atoms with Gasteiger partial charge in [-0.05, 0) is 31.2 Å². The second kappa shape index (κ2) is 6.63.